The Bertz CT molecular complexity index is 207. The van der Waals surface area contributed by atoms with E-state index >= 15 is 0 Å². The van der Waals surface area contributed by atoms with Crippen LogP contribution in [0.2, 0.25) is 0 Å². The lowest BCUT2D eigenvalue weighted by atomic mass is 10.2. The molecule has 0 aromatic heterocycles. The molecule has 5 heteroatoms. The smallest absolute Gasteiger partial charge is 0.227 e. The summed E-state index contributed by atoms with van der Waals surface area (Å²) in [6.45, 7) is 5.67. The van der Waals surface area contributed by atoms with Crippen LogP contribution in [0.3, 0.4) is 0 Å². The number of nitrogens with two attached hydrogens (primary N) is 1. The van der Waals surface area contributed by atoms with Gasteiger partial charge in [0.15, 0.2) is 0 Å². The molecule has 1 unspecified atom stereocenters. The number of amides is 2. The van der Waals surface area contributed by atoms with Crippen LogP contribution in [-0.2, 0) is 9.59 Å². The molecular weight excluding hydrogens is 200 g/mol. The second-order valence-electron chi connectivity index (χ2n) is 3.55. The third-order valence-electron chi connectivity index (χ3n) is 1.49. The molecule has 0 fully saturated rings. The molecule has 0 aromatic rings. The fourth-order valence-electron chi connectivity index (χ4n) is 0.839. The highest BCUT2D eigenvalue weighted by molar-refractivity contribution is 7.99. The number of nitrogens with one attached hydrogen (secondary N) is 1. The van der Waals surface area contributed by atoms with E-state index in [-0.39, 0.29) is 29.5 Å². The van der Waals surface area contributed by atoms with E-state index in [4.69, 9.17) is 5.73 Å². The Morgan fingerprint density at radius 2 is 1.93 bits per heavy atom. The highest BCUT2D eigenvalue weighted by atomic mass is 32.2. The van der Waals surface area contributed by atoms with Crippen molar-refractivity contribution in [1.82, 2.24) is 5.32 Å². The predicted octanol–water partition coefficient (Wildman–Crippen LogP) is 0.366. The van der Waals surface area contributed by atoms with E-state index in [2.05, 4.69) is 5.32 Å². The molecule has 0 aliphatic rings. The van der Waals surface area contributed by atoms with Gasteiger partial charge in [0.25, 0.3) is 0 Å². The quantitative estimate of drug-likeness (QED) is 0.676. The molecule has 0 aliphatic carbocycles. The molecule has 0 aliphatic heterocycles. The molecule has 0 spiro atoms. The maximum atomic E-state index is 11.4. The Kier molecular flexibility index (Phi) is 6.36. The summed E-state index contributed by atoms with van der Waals surface area (Å²) in [4.78, 5) is 21.8. The summed E-state index contributed by atoms with van der Waals surface area (Å²) < 4.78 is 0. The minimum atomic E-state index is -0.341. The fourth-order valence-corrected chi connectivity index (χ4v) is 1.66. The first-order chi connectivity index (χ1) is 6.43. The maximum Gasteiger partial charge on any atom is 0.227 e. The van der Waals surface area contributed by atoms with E-state index in [0.29, 0.717) is 5.75 Å². The molecule has 4 nitrogen and oxygen atoms in total. The molecule has 0 heterocycles. The molecule has 82 valence electrons. The van der Waals surface area contributed by atoms with E-state index in [1.807, 2.05) is 20.8 Å². The Hall–Kier alpha value is -0.710. The Labute approximate surface area is 89.0 Å². The average molecular weight is 218 g/mol. The van der Waals surface area contributed by atoms with Gasteiger partial charge in [-0.25, -0.2) is 0 Å². The van der Waals surface area contributed by atoms with Crippen LogP contribution in [0.25, 0.3) is 0 Å². The number of hydrogen-bond donors (Lipinski definition) is 2. The molecule has 3 N–H and O–H groups in total. The van der Waals surface area contributed by atoms with Crippen LogP contribution in [-0.4, -0.2) is 29.4 Å². The van der Waals surface area contributed by atoms with Gasteiger partial charge in [-0.2, -0.15) is 11.8 Å². The Morgan fingerprint density at radius 3 is 2.36 bits per heavy atom. The first-order valence-corrected chi connectivity index (χ1v) is 5.75. The number of carbonyl (C=O) groups is 2. The van der Waals surface area contributed by atoms with Crippen LogP contribution in [0.1, 0.15) is 20.8 Å². The lowest BCUT2D eigenvalue weighted by molar-refractivity contribution is -0.124. The van der Waals surface area contributed by atoms with E-state index in [9.17, 15) is 9.59 Å². The van der Waals surface area contributed by atoms with Crippen LogP contribution in [0, 0.1) is 5.92 Å². The fraction of sp³-hybridized carbons (Fsp3) is 0.778. The summed E-state index contributed by atoms with van der Waals surface area (Å²) >= 11 is 1.39. The minimum absolute atomic E-state index is 0.0250. The third kappa shape index (κ3) is 6.77. The van der Waals surface area contributed by atoms with Gasteiger partial charge in [-0.15, -0.1) is 0 Å². The van der Waals surface area contributed by atoms with Crippen molar-refractivity contribution in [1.29, 1.82) is 0 Å². The number of thioether (sulfide) groups is 1. The minimum Gasteiger partial charge on any atom is -0.369 e. The van der Waals surface area contributed by atoms with Gasteiger partial charge in [0.05, 0.1) is 5.75 Å². The first kappa shape index (κ1) is 13.3. The zero-order valence-corrected chi connectivity index (χ0v) is 9.69. The summed E-state index contributed by atoms with van der Waals surface area (Å²) in [5.41, 5.74) is 4.98. The van der Waals surface area contributed by atoms with Crippen LogP contribution >= 0.6 is 11.8 Å². The van der Waals surface area contributed by atoms with Crippen molar-refractivity contribution in [2.24, 2.45) is 11.7 Å². The molecule has 0 bridgehead atoms. The van der Waals surface area contributed by atoms with Crippen molar-refractivity contribution in [3.63, 3.8) is 0 Å². The molecule has 0 saturated heterocycles. The SMILES string of the molecule is CC(C)NC(=O)C(C)CSCC(N)=O. The molecule has 1 atom stereocenters. The second kappa shape index (κ2) is 6.70. The second-order valence-corrected chi connectivity index (χ2v) is 4.58. The standard InChI is InChI=1S/C9H18N2O2S/c1-6(2)11-9(13)7(3)4-14-5-8(10)12/h6-7H,4-5H2,1-3H3,(H2,10,12)(H,11,13). The van der Waals surface area contributed by atoms with E-state index in [1.54, 1.807) is 0 Å². The van der Waals surface area contributed by atoms with E-state index in [1.165, 1.54) is 11.8 Å². The first-order valence-electron chi connectivity index (χ1n) is 4.60. The van der Waals surface area contributed by atoms with Crippen molar-refractivity contribution in [3.8, 4) is 0 Å². The van der Waals surface area contributed by atoms with Gasteiger partial charge in [-0.3, -0.25) is 9.59 Å². The summed E-state index contributed by atoms with van der Waals surface area (Å²) in [7, 11) is 0. The largest absolute Gasteiger partial charge is 0.369 e. The van der Waals surface area contributed by atoms with Crippen LogP contribution < -0.4 is 11.1 Å². The summed E-state index contributed by atoms with van der Waals surface area (Å²) in [6.07, 6.45) is 0. The van der Waals surface area contributed by atoms with Crippen LogP contribution in [0.5, 0.6) is 0 Å². The highest BCUT2D eigenvalue weighted by Gasteiger charge is 2.13. The van der Waals surface area contributed by atoms with E-state index in [0.717, 1.165) is 0 Å². The molecule has 0 radical (unpaired) electrons. The highest BCUT2D eigenvalue weighted by Crippen LogP contribution is 2.07. The van der Waals surface area contributed by atoms with Gasteiger partial charge in [0, 0.05) is 17.7 Å². The van der Waals surface area contributed by atoms with Gasteiger partial charge in [-0.1, -0.05) is 6.92 Å². The van der Waals surface area contributed by atoms with Crippen LogP contribution in [0.15, 0.2) is 0 Å². The Balaban J connectivity index is 3.67. The predicted molar refractivity (Wildman–Crippen MR) is 59.0 cm³/mol. The molecule has 2 amide bonds. The third-order valence-corrected chi connectivity index (χ3v) is 2.72. The van der Waals surface area contributed by atoms with Gasteiger partial charge < -0.3 is 11.1 Å². The van der Waals surface area contributed by atoms with Crippen molar-refractivity contribution in [2.45, 2.75) is 26.8 Å². The number of carbonyl (C=O) groups excluding carboxylic acids is 2. The van der Waals surface area contributed by atoms with E-state index < -0.39 is 0 Å². The van der Waals surface area contributed by atoms with Gasteiger partial charge >= 0.3 is 0 Å². The normalized spacial score (nSPS) is 12.6. The summed E-state index contributed by atoms with van der Waals surface area (Å²) in [5.74, 6) is 0.506. The monoisotopic (exact) mass is 218 g/mol. The summed E-state index contributed by atoms with van der Waals surface area (Å²) in [6, 6.07) is 0.158. The zero-order valence-electron chi connectivity index (χ0n) is 8.87. The maximum absolute atomic E-state index is 11.4. The molecule has 0 saturated carbocycles. The molecule has 0 aromatic carbocycles. The number of hydrogen-bond acceptors (Lipinski definition) is 3. The van der Waals surface area contributed by atoms with Crippen molar-refractivity contribution < 1.29 is 9.59 Å². The van der Waals surface area contributed by atoms with Crippen LogP contribution in [0.4, 0.5) is 0 Å². The van der Waals surface area contributed by atoms with Crippen molar-refractivity contribution in [3.05, 3.63) is 0 Å². The van der Waals surface area contributed by atoms with Gasteiger partial charge in [0.1, 0.15) is 0 Å². The topological polar surface area (TPSA) is 72.2 Å². The van der Waals surface area contributed by atoms with Crippen molar-refractivity contribution >= 4 is 23.6 Å². The van der Waals surface area contributed by atoms with Gasteiger partial charge in [0.2, 0.25) is 11.8 Å². The summed E-state index contributed by atoms with van der Waals surface area (Å²) in [5, 5.41) is 2.81. The number of rotatable bonds is 6. The molecule has 14 heavy (non-hydrogen) atoms. The lowest BCUT2D eigenvalue weighted by Crippen LogP contribution is -2.35. The Morgan fingerprint density at radius 1 is 1.36 bits per heavy atom. The average Bonchev–Trinajstić information content (AvgIpc) is 2.01. The van der Waals surface area contributed by atoms with Gasteiger partial charge in [-0.05, 0) is 13.8 Å². The van der Waals surface area contributed by atoms with Crippen molar-refractivity contribution in [2.75, 3.05) is 11.5 Å². The molecular formula is C9H18N2O2S. The lowest BCUT2D eigenvalue weighted by Gasteiger charge is -2.13. The zero-order chi connectivity index (χ0) is 11.1. The number of primary amides is 1. The molecule has 0 rings (SSSR count).